The van der Waals surface area contributed by atoms with E-state index in [0.717, 1.165) is 10.7 Å². The Morgan fingerprint density at radius 1 is 1.11 bits per heavy atom. The number of rotatable bonds is 5. The molecule has 0 aliphatic rings. The number of benzene rings is 1. The van der Waals surface area contributed by atoms with Crippen LogP contribution in [0.25, 0.3) is 21.3 Å². The van der Waals surface area contributed by atoms with Crippen LogP contribution in [0, 0.1) is 6.92 Å². The minimum absolute atomic E-state index is 0.00676. The predicted octanol–water partition coefficient (Wildman–Crippen LogP) is 6.46. The highest BCUT2D eigenvalue weighted by Gasteiger charge is 2.39. The molecule has 0 saturated carbocycles. The van der Waals surface area contributed by atoms with Crippen molar-refractivity contribution in [2.24, 2.45) is 5.73 Å². The third kappa shape index (κ3) is 4.92. The number of alkyl halides is 6. The average Bonchev–Trinajstić information content (AvgIpc) is 3.35. The summed E-state index contributed by atoms with van der Waals surface area (Å²) in [5, 5.41) is 5.19. The number of carbonyl (C=O) groups is 2. The van der Waals surface area contributed by atoms with Gasteiger partial charge < -0.3 is 11.1 Å². The molecule has 1 unspecified atom stereocenters. The Bertz CT molecular complexity index is 1560. The maximum atomic E-state index is 13.6. The number of hydrogen-bond acceptors (Lipinski definition) is 5. The van der Waals surface area contributed by atoms with Gasteiger partial charge in [-0.3, -0.25) is 14.3 Å². The molecule has 3 heterocycles. The Hall–Kier alpha value is -3.65. The summed E-state index contributed by atoms with van der Waals surface area (Å²) in [6, 6.07) is 7.27. The standard InChI is InChI=1S/C23H16ClF6N5O2S/c1-9-15(24)18(23(28,29)30)34-35(9)10(2)20(37)33-16-14-12(11-6-4-3-5-7-11)8-13(22(25,26)27)32-21(14)38-17(16)19(31)36/h3-8,10H,1-2H3,(H2,31,36)(H,33,37). The molecule has 0 aliphatic heterocycles. The first-order valence-electron chi connectivity index (χ1n) is 10.6. The zero-order valence-corrected chi connectivity index (χ0v) is 20.9. The molecule has 0 spiro atoms. The first-order chi connectivity index (χ1) is 17.6. The average molecular weight is 576 g/mol. The van der Waals surface area contributed by atoms with Crippen molar-refractivity contribution in [1.29, 1.82) is 0 Å². The predicted molar refractivity (Wildman–Crippen MR) is 129 cm³/mol. The molecular weight excluding hydrogens is 560 g/mol. The summed E-state index contributed by atoms with van der Waals surface area (Å²) in [7, 11) is 0. The molecule has 0 bridgehead atoms. The Kier molecular flexibility index (Phi) is 6.91. The second-order valence-corrected chi connectivity index (χ2v) is 9.50. The minimum atomic E-state index is -4.88. The largest absolute Gasteiger partial charge is 0.436 e. The maximum Gasteiger partial charge on any atom is 0.436 e. The van der Waals surface area contributed by atoms with Crippen molar-refractivity contribution in [3.05, 3.63) is 63.4 Å². The summed E-state index contributed by atoms with van der Waals surface area (Å²) in [5.74, 6) is -1.98. The third-order valence-electron chi connectivity index (χ3n) is 5.60. The molecule has 200 valence electrons. The number of pyridine rings is 1. The second-order valence-electron chi connectivity index (χ2n) is 8.12. The second kappa shape index (κ2) is 9.58. The SMILES string of the molecule is Cc1c(Cl)c(C(F)(F)F)nn1C(C)C(=O)Nc1c(C(N)=O)sc2nc(C(F)(F)F)cc(-c3ccccc3)c12. The Balaban J connectivity index is 1.88. The van der Waals surface area contributed by atoms with E-state index in [0.29, 0.717) is 16.9 Å². The number of aromatic nitrogens is 3. The molecule has 0 saturated heterocycles. The molecule has 3 N–H and O–H groups in total. The quantitative estimate of drug-likeness (QED) is 0.267. The summed E-state index contributed by atoms with van der Waals surface area (Å²) in [4.78, 5) is 28.5. The highest BCUT2D eigenvalue weighted by Crippen LogP contribution is 2.44. The van der Waals surface area contributed by atoms with Crippen LogP contribution >= 0.6 is 22.9 Å². The van der Waals surface area contributed by atoms with Gasteiger partial charge in [-0.1, -0.05) is 41.9 Å². The van der Waals surface area contributed by atoms with Crippen LogP contribution < -0.4 is 11.1 Å². The van der Waals surface area contributed by atoms with Gasteiger partial charge in [-0.25, -0.2) is 4.98 Å². The van der Waals surface area contributed by atoms with Crippen LogP contribution in [0.1, 0.15) is 39.7 Å². The van der Waals surface area contributed by atoms with Gasteiger partial charge >= 0.3 is 12.4 Å². The molecular formula is C23H16ClF6N5O2S. The Morgan fingerprint density at radius 2 is 1.74 bits per heavy atom. The summed E-state index contributed by atoms with van der Waals surface area (Å²) in [6.45, 7) is 2.47. The van der Waals surface area contributed by atoms with Crippen LogP contribution in [0.4, 0.5) is 32.0 Å². The Labute approximate surface area is 219 Å². The van der Waals surface area contributed by atoms with Gasteiger partial charge in [0, 0.05) is 5.39 Å². The lowest BCUT2D eigenvalue weighted by atomic mass is 10.0. The first-order valence-corrected chi connectivity index (χ1v) is 11.8. The lowest BCUT2D eigenvalue weighted by Crippen LogP contribution is -2.26. The number of anilines is 1. The zero-order valence-electron chi connectivity index (χ0n) is 19.3. The van der Waals surface area contributed by atoms with E-state index < -0.39 is 46.6 Å². The molecule has 0 fully saturated rings. The van der Waals surface area contributed by atoms with E-state index in [9.17, 15) is 35.9 Å². The summed E-state index contributed by atoms with van der Waals surface area (Å²) >= 11 is 6.32. The number of carbonyl (C=O) groups excluding carboxylic acids is 2. The molecule has 0 aliphatic carbocycles. The van der Waals surface area contributed by atoms with Crippen LogP contribution in [0.15, 0.2) is 36.4 Å². The highest BCUT2D eigenvalue weighted by molar-refractivity contribution is 7.21. The molecule has 3 aromatic heterocycles. The van der Waals surface area contributed by atoms with Crippen molar-refractivity contribution in [2.45, 2.75) is 32.2 Å². The fourth-order valence-electron chi connectivity index (χ4n) is 3.78. The van der Waals surface area contributed by atoms with E-state index in [1.165, 1.54) is 26.0 Å². The molecule has 1 aromatic carbocycles. The maximum absolute atomic E-state index is 13.6. The van der Waals surface area contributed by atoms with Gasteiger partial charge in [0.1, 0.15) is 21.4 Å². The lowest BCUT2D eigenvalue weighted by Gasteiger charge is -2.16. The van der Waals surface area contributed by atoms with E-state index in [2.05, 4.69) is 15.4 Å². The van der Waals surface area contributed by atoms with Crippen molar-refractivity contribution in [2.75, 3.05) is 5.32 Å². The summed E-state index contributed by atoms with van der Waals surface area (Å²) < 4.78 is 81.4. The normalized spacial score (nSPS) is 13.1. The number of nitrogens with two attached hydrogens (primary N) is 1. The van der Waals surface area contributed by atoms with Crippen molar-refractivity contribution in [1.82, 2.24) is 14.8 Å². The monoisotopic (exact) mass is 575 g/mol. The highest BCUT2D eigenvalue weighted by atomic mass is 35.5. The van der Waals surface area contributed by atoms with Crippen LogP contribution in [-0.2, 0) is 17.1 Å². The fourth-order valence-corrected chi connectivity index (χ4v) is 5.02. The van der Waals surface area contributed by atoms with Gasteiger partial charge in [0.2, 0.25) is 5.91 Å². The van der Waals surface area contributed by atoms with E-state index in [1.54, 1.807) is 18.2 Å². The van der Waals surface area contributed by atoms with Crippen molar-refractivity contribution in [3.63, 3.8) is 0 Å². The molecule has 38 heavy (non-hydrogen) atoms. The van der Waals surface area contributed by atoms with Gasteiger partial charge in [-0.15, -0.1) is 11.3 Å². The molecule has 4 rings (SSSR count). The number of nitrogens with one attached hydrogen (secondary N) is 1. The number of halogens is 7. The molecule has 1 atom stereocenters. The van der Waals surface area contributed by atoms with E-state index >= 15 is 0 Å². The molecule has 0 radical (unpaired) electrons. The number of nitrogens with zero attached hydrogens (tertiary/aromatic N) is 3. The number of fused-ring (bicyclic) bond motifs is 1. The van der Waals surface area contributed by atoms with E-state index in [-0.39, 0.29) is 32.0 Å². The van der Waals surface area contributed by atoms with E-state index in [1.807, 2.05) is 0 Å². The van der Waals surface area contributed by atoms with Crippen molar-refractivity contribution >= 4 is 50.7 Å². The number of hydrogen-bond donors (Lipinski definition) is 2. The molecule has 2 amide bonds. The lowest BCUT2D eigenvalue weighted by molar-refractivity contribution is -0.142. The number of thiophene rings is 1. The smallest absolute Gasteiger partial charge is 0.365 e. The van der Waals surface area contributed by atoms with Gasteiger partial charge in [0.15, 0.2) is 5.69 Å². The third-order valence-corrected chi connectivity index (χ3v) is 7.15. The van der Waals surface area contributed by atoms with Crippen LogP contribution in [0.2, 0.25) is 5.02 Å². The Morgan fingerprint density at radius 3 is 2.26 bits per heavy atom. The zero-order chi connectivity index (χ0) is 28.2. The van der Waals surface area contributed by atoms with Crippen LogP contribution in [0.5, 0.6) is 0 Å². The summed E-state index contributed by atoms with van der Waals surface area (Å²) in [5.41, 5.74) is 2.81. The van der Waals surface area contributed by atoms with Crippen LogP contribution in [-0.4, -0.2) is 26.6 Å². The van der Waals surface area contributed by atoms with Crippen LogP contribution in [0.3, 0.4) is 0 Å². The van der Waals surface area contributed by atoms with Gasteiger partial charge in [0.25, 0.3) is 5.91 Å². The molecule has 4 aromatic rings. The molecule has 7 nitrogen and oxygen atoms in total. The fraction of sp³-hybridized carbons (Fsp3) is 0.217. The van der Waals surface area contributed by atoms with Crippen molar-refractivity contribution in [3.8, 4) is 11.1 Å². The topological polar surface area (TPSA) is 103 Å². The van der Waals surface area contributed by atoms with E-state index in [4.69, 9.17) is 17.3 Å². The van der Waals surface area contributed by atoms with Gasteiger partial charge in [-0.05, 0) is 31.0 Å². The van der Waals surface area contributed by atoms with Gasteiger partial charge in [0.05, 0.1) is 16.4 Å². The molecule has 15 heteroatoms. The number of amides is 2. The van der Waals surface area contributed by atoms with Crippen molar-refractivity contribution < 1.29 is 35.9 Å². The summed E-state index contributed by atoms with van der Waals surface area (Å²) in [6.07, 6.45) is -9.70. The number of primary amides is 1. The minimum Gasteiger partial charge on any atom is -0.365 e. The first kappa shape index (κ1) is 27.4. The van der Waals surface area contributed by atoms with Gasteiger partial charge in [-0.2, -0.15) is 31.4 Å².